The fraction of sp³-hybridized carbons (Fsp3) is 0.471. The van der Waals surface area contributed by atoms with Crippen molar-refractivity contribution in [1.29, 1.82) is 0 Å². The van der Waals surface area contributed by atoms with Crippen molar-refractivity contribution in [3.05, 3.63) is 46.8 Å². The van der Waals surface area contributed by atoms with Crippen molar-refractivity contribution in [3.8, 4) is 0 Å². The summed E-state index contributed by atoms with van der Waals surface area (Å²) in [6.07, 6.45) is 3.62. The molecule has 0 radical (unpaired) electrons. The molecular formula is C17H22N4O2. The fourth-order valence-corrected chi connectivity index (χ4v) is 3.24. The number of rotatable bonds is 4. The normalized spacial score (nSPS) is 17.7. The second-order valence-corrected chi connectivity index (χ2v) is 6.10. The van der Waals surface area contributed by atoms with Gasteiger partial charge >= 0.3 is 0 Å². The highest BCUT2D eigenvalue weighted by Gasteiger charge is 2.31. The number of amides is 1. The van der Waals surface area contributed by atoms with Gasteiger partial charge in [-0.1, -0.05) is 23.4 Å². The van der Waals surface area contributed by atoms with Crippen LogP contribution in [0.4, 0.5) is 0 Å². The lowest BCUT2D eigenvalue weighted by Gasteiger charge is -2.26. The Labute approximate surface area is 135 Å². The van der Waals surface area contributed by atoms with Crippen LogP contribution in [0.3, 0.4) is 0 Å². The number of carbonyl (C=O) groups excluding carboxylic acids is 1. The van der Waals surface area contributed by atoms with Gasteiger partial charge in [0.1, 0.15) is 12.2 Å². The van der Waals surface area contributed by atoms with Crippen LogP contribution in [-0.4, -0.2) is 37.5 Å². The van der Waals surface area contributed by atoms with Gasteiger partial charge in [0.05, 0.1) is 18.8 Å². The van der Waals surface area contributed by atoms with Gasteiger partial charge in [-0.3, -0.25) is 4.79 Å². The number of aromatic nitrogens is 3. The SMILES string of the molecule is Cc1cccc([C@@H]2CCCN2C(=O)Cn2cc(CO)nn2)c1C. The largest absolute Gasteiger partial charge is 0.390 e. The first-order chi connectivity index (χ1) is 11.1. The zero-order chi connectivity index (χ0) is 16.4. The van der Waals surface area contributed by atoms with Crippen LogP contribution in [0.2, 0.25) is 0 Å². The number of likely N-dealkylation sites (tertiary alicyclic amines) is 1. The molecule has 1 aromatic heterocycles. The first kappa shape index (κ1) is 15.7. The van der Waals surface area contributed by atoms with Crippen molar-refractivity contribution in [3.63, 3.8) is 0 Å². The lowest BCUT2D eigenvalue weighted by Crippen LogP contribution is -2.34. The molecule has 1 aliphatic heterocycles. The number of hydrogen-bond donors (Lipinski definition) is 1. The van der Waals surface area contributed by atoms with E-state index in [1.54, 1.807) is 6.20 Å². The van der Waals surface area contributed by atoms with E-state index in [4.69, 9.17) is 5.11 Å². The summed E-state index contributed by atoms with van der Waals surface area (Å²) in [6, 6.07) is 6.43. The van der Waals surface area contributed by atoms with E-state index in [-0.39, 0.29) is 25.1 Å². The van der Waals surface area contributed by atoms with E-state index in [0.29, 0.717) is 5.69 Å². The second-order valence-electron chi connectivity index (χ2n) is 6.10. The maximum Gasteiger partial charge on any atom is 0.244 e. The van der Waals surface area contributed by atoms with E-state index >= 15 is 0 Å². The zero-order valence-electron chi connectivity index (χ0n) is 13.6. The average molecular weight is 314 g/mol. The molecule has 0 saturated carbocycles. The van der Waals surface area contributed by atoms with Crippen molar-refractivity contribution >= 4 is 5.91 Å². The molecule has 2 heterocycles. The Morgan fingerprint density at radius 1 is 1.39 bits per heavy atom. The lowest BCUT2D eigenvalue weighted by molar-refractivity contribution is -0.133. The fourth-order valence-electron chi connectivity index (χ4n) is 3.24. The number of aliphatic hydroxyl groups excluding tert-OH is 1. The molecule has 1 aromatic carbocycles. The van der Waals surface area contributed by atoms with Crippen molar-refractivity contribution < 1.29 is 9.90 Å². The second kappa shape index (κ2) is 6.50. The van der Waals surface area contributed by atoms with Gasteiger partial charge in [-0.05, 0) is 43.4 Å². The van der Waals surface area contributed by atoms with E-state index < -0.39 is 0 Å². The minimum absolute atomic E-state index is 0.0443. The van der Waals surface area contributed by atoms with E-state index in [1.807, 2.05) is 4.90 Å². The number of carbonyl (C=O) groups is 1. The Hall–Kier alpha value is -2.21. The molecule has 23 heavy (non-hydrogen) atoms. The monoisotopic (exact) mass is 314 g/mol. The number of benzene rings is 1. The van der Waals surface area contributed by atoms with Crippen LogP contribution in [0, 0.1) is 13.8 Å². The molecule has 1 N–H and O–H groups in total. The standard InChI is InChI=1S/C17H22N4O2/c1-12-5-3-6-15(13(12)2)16-7-4-8-21(16)17(23)10-20-9-14(11-22)18-19-20/h3,5-6,9,16,22H,4,7-8,10-11H2,1-2H3/t16-/m0/s1. The van der Waals surface area contributed by atoms with Gasteiger partial charge in [-0.2, -0.15) is 0 Å². The molecular weight excluding hydrogens is 292 g/mol. The Balaban J connectivity index is 1.78. The van der Waals surface area contributed by atoms with Crippen LogP contribution >= 0.6 is 0 Å². The summed E-state index contributed by atoms with van der Waals surface area (Å²) in [6.45, 7) is 5.00. The number of hydrogen-bond acceptors (Lipinski definition) is 4. The highest BCUT2D eigenvalue weighted by molar-refractivity contribution is 5.77. The van der Waals surface area contributed by atoms with Crippen LogP contribution in [0.5, 0.6) is 0 Å². The molecule has 6 heteroatoms. The number of aliphatic hydroxyl groups is 1. The first-order valence-corrected chi connectivity index (χ1v) is 7.95. The summed E-state index contributed by atoms with van der Waals surface area (Å²) >= 11 is 0. The molecule has 1 fully saturated rings. The van der Waals surface area contributed by atoms with Gasteiger partial charge < -0.3 is 10.0 Å². The topological polar surface area (TPSA) is 71.2 Å². The third-order valence-electron chi connectivity index (χ3n) is 4.62. The average Bonchev–Trinajstić information content (AvgIpc) is 3.18. The Kier molecular flexibility index (Phi) is 4.43. The molecule has 1 saturated heterocycles. The third-order valence-corrected chi connectivity index (χ3v) is 4.62. The van der Waals surface area contributed by atoms with Gasteiger partial charge in [0.15, 0.2) is 0 Å². The zero-order valence-corrected chi connectivity index (χ0v) is 13.6. The maximum atomic E-state index is 12.7. The van der Waals surface area contributed by atoms with Crippen LogP contribution in [0.1, 0.15) is 41.3 Å². The molecule has 0 unspecified atom stereocenters. The summed E-state index contributed by atoms with van der Waals surface area (Å²) in [5, 5.41) is 16.7. The van der Waals surface area contributed by atoms with Crippen molar-refractivity contribution in [1.82, 2.24) is 19.9 Å². The van der Waals surface area contributed by atoms with Gasteiger partial charge in [0.2, 0.25) is 5.91 Å². The molecule has 0 spiro atoms. The van der Waals surface area contributed by atoms with Crippen LogP contribution in [-0.2, 0) is 17.9 Å². The minimum Gasteiger partial charge on any atom is -0.390 e. The molecule has 1 atom stereocenters. The van der Waals surface area contributed by atoms with E-state index in [1.165, 1.54) is 21.4 Å². The van der Waals surface area contributed by atoms with E-state index in [2.05, 4.69) is 42.4 Å². The molecule has 0 bridgehead atoms. The molecule has 0 aliphatic carbocycles. The highest BCUT2D eigenvalue weighted by atomic mass is 16.3. The van der Waals surface area contributed by atoms with E-state index in [9.17, 15) is 4.79 Å². The quantitative estimate of drug-likeness (QED) is 0.933. The van der Waals surface area contributed by atoms with Crippen molar-refractivity contribution in [2.45, 2.75) is 45.9 Å². The van der Waals surface area contributed by atoms with Crippen LogP contribution in [0.25, 0.3) is 0 Å². The van der Waals surface area contributed by atoms with Crippen molar-refractivity contribution in [2.75, 3.05) is 6.54 Å². The smallest absolute Gasteiger partial charge is 0.244 e. The van der Waals surface area contributed by atoms with Crippen LogP contribution in [0.15, 0.2) is 24.4 Å². The Morgan fingerprint density at radius 3 is 2.96 bits per heavy atom. The summed E-state index contributed by atoms with van der Waals surface area (Å²) in [5.41, 5.74) is 4.24. The maximum absolute atomic E-state index is 12.7. The summed E-state index contributed by atoms with van der Waals surface area (Å²) < 4.78 is 1.49. The van der Waals surface area contributed by atoms with Gasteiger partial charge in [0.25, 0.3) is 0 Å². The molecule has 2 aromatic rings. The molecule has 122 valence electrons. The highest BCUT2D eigenvalue weighted by Crippen LogP contribution is 2.34. The number of nitrogens with zero attached hydrogens (tertiary/aromatic N) is 4. The Morgan fingerprint density at radius 2 is 2.22 bits per heavy atom. The summed E-state index contributed by atoms with van der Waals surface area (Å²) in [7, 11) is 0. The Bertz CT molecular complexity index is 710. The number of aryl methyl sites for hydroxylation is 1. The molecule has 3 rings (SSSR count). The van der Waals surface area contributed by atoms with Gasteiger partial charge in [-0.25, -0.2) is 4.68 Å². The van der Waals surface area contributed by atoms with E-state index in [0.717, 1.165) is 19.4 Å². The van der Waals surface area contributed by atoms with Gasteiger partial charge in [-0.15, -0.1) is 5.10 Å². The van der Waals surface area contributed by atoms with Crippen LogP contribution < -0.4 is 0 Å². The molecule has 1 amide bonds. The predicted molar refractivity (Wildman–Crippen MR) is 85.5 cm³/mol. The predicted octanol–water partition coefficient (Wildman–Crippen LogP) is 1.75. The minimum atomic E-state index is -0.164. The summed E-state index contributed by atoms with van der Waals surface area (Å²) in [5.74, 6) is 0.0443. The van der Waals surface area contributed by atoms with Gasteiger partial charge in [0, 0.05) is 6.54 Å². The first-order valence-electron chi connectivity index (χ1n) is 7.95. The lowest BCUT2D eigenvalue weighted by atomic mass is 9.96. The van der Waals surface area contributed by atoms with Crippen molar-refractivity contribution in [2.24, 2.45) is 0 Å². The summed E-state index contributed by atoms with van der Waals surface area (Å²) in [4.78, 5) is 14.6. The molecule has 1 aliphatic rings. The molecule has 6 nitrogen and oxygen atoms in total. The third kappa shape index (κ3) is 3.12.